The van der Waals surface area contributed by atoms with Gasteiger partial charge in [-0.15, -0.1) is 0 Å². The van der Waals surface area contributed by atoms with Gasteiger partial charge in [-0.3, -0.25) is 0 Å². The Kier molecular flexibility index (Phi) is 4.55. The van der Waals surface area contributed by atoms with Crippen LogP contribution in [0.15, 0.2) is 54.6 Å². The molecule has 2 aromatic rings. The van der Waals surface area contributed by atoms with Crippen LogP contribution in [0.25, 0.3) is 6.08 Å². The molecule has 130 valence electrons. The molecule has 2 bridgehead atoms. The van der Waals surface area contributed by atoms with Gasteiger partial charge < -0.3 is 4.74 Å². The first-order valence-corrected chi connectivity index (χ1v) is 9.05. The molecule has 0 aliphatic heterocycles. The van der Waals surface area contributed by atoms with Gasteiger partial charge in [0.15, 0.2) is 0 Å². The molecular weight excluding hydrogens is 324 g/mol. The van der Waals surface area contributed by atoms with Gasteiger partial charge >= 0.3 is 5.97 Å². The van der Waals surface area contributed by atoms with Crippen molar-refractivity contribution in [2.24, 2.45) is 0 Å². The maximum atomic E-state index is 12.1. The second-order valence-electron chi connectivity index (χ2n) is 7.02. The van der Waals surface area contributed by atoms with E-state index in [1.807, 2.05) is 36.4 Å². The van der Waals surface area contributed by atoms with Crippen molar-refractivity contribution in [1.82, 2.24) is 0 Å². The third-order valence-electron chi connectivity index (χ3n) is 5.40. The third-order valence-corrected chi connectivity index (χ3v) is 5.40. The van der Waals surface area contributed by atoms with Crippen LogP contribution in [0.4, 0.5) is 0 Å². The van der Waals surface area contributed by atoms with Crippen molar-refractivity contribution in [2.45, 2.75) is 37.5 Å². The van der Waals surface area contributed by atoms with E-state index in [1.54, 1.807) is 12.0 Å². The van der Waals surface area contributed by atoms with Crippen LogP contribution >= 0.6 is 0 Å². The summed E-state index contributed by atoms with van der Waals surface area (Å²) in [5.74, 6) is 3.38. The Bertz CT molecular complexity index is 902. The van der Waals surface area contributed by atoms with Gasteiger partial charge in [-0.1, -0.05) is 30.3 Å². The lowest BCUT2D eigenvalue weighted by Gasteiger charge is -2.15. The van der Waals surface area contributed by atoms with E-state index in [0.717, 1.165) is 11.1 Å². The van der Waals surface area contributed by atoms with E-state index in [0.29, 0.717) is 24.0 Å². The van der Waals surface area contributed by atoms with Crippen LogP contribution in [0, 0.1) is 0 Å². The van der Waals surface area contributed by atoms with Gasteiger partial charge in [-0.05, 0) is 71.6 Å². The minimum Gasteiger partial charge on any atom is -0.423 e. The summed E-state index contributed by atoms with van der Waals surface area (Å²) in [4.78, 5) is 22.3. The van der Waals surface area contributed by atoms with Gasteiger partial charge in [-0.25, -0.2) is 9.59 Å². The smallest absolute Gasteiger partial charge is 0.336 e. The molecule has 0 saturated heterocycles. The molecule has 1 saturated carbocycles. The number of allylic oxidation sites excluding steroid dienone is 1. The Morgan fingerprint density at radius 3 is 2.62 bits per heavy atom. The number of fused-ring (bicyclic) bond motifs is 5. The molecule has 2 unspecified atom stereocenters. The average molecular weight is 344 g/mol. The van der Waals surface area contributed by atoms with E-state index in [2.05, 4.69) is 6.07 Å². The van der Waals surface area contributed by atoms with Crippen LogP contribution in [0.1, 0.15) is 53.4 Å². The second-order valence-corrected chi connectivity index (χ2v) is 7.02. The maximum absolute atomic E-state index is 12.1. The molecule has 0 radical (unpaired) electrons. The van der Waals surface area contributed by atoms with Gasteiger partial charge in [0.25, 0.3) is 0 Å². The maximum Gasteiger partial charge on any atom is 0.336 e. The summed E-state index contributed by atoms with van der Waals surface area (Å²) in [6, 6.07) is 13.7. The number of benzene rings is 2. The Morgan fingerprint density at radius 2 is 1.85 bits per heavy atom. The summed E-state index contributed by atoms with van der Waals surface area (Å²) < 4.78 is 5.47. The first-order valence-electron chi connectivity index (χ1n) is 9.05. The van der Waals surface area contributed by atoms with Crippen LogP contribution in [0.3, 0.4) is 0 Å². The van der Waals surface area contributed by atoms with Crippen molar-refractivity contribution < 1.29 is 14.3 Å². The molecule has 0 aromatic heterocycles. The first kappa shape index (κ1) is 16.6. The highest BCUT2D eigenvalue weighted by atomic mass is 16.5. The molecule has 2 aromatic carbocycles. The molecule has 0 heterocycles. The summed E-state index contributed by atoms with van der Waals surface area (Å²) in [6.45, 7) is 0. The molecule has 0 amide bonds. The number of hydrogen-bond donors (Lipinski definition) is 0. The van der Waals surface area contributed by atoms with Crippen molar-refractivity contribution in [2.75, 3.05) is 0 Å². The molecule has 2 aliphatic rings. The molecule has 3 heteroatoms. The van der Waals surface area contributed by atoms with Crippen molar-refractivity contribution in [3.8, 4) is 5.75 Å². The second kappa shape index (κ2) is 7.15. The summed E-state index contributed by atoms with van der Waals surface area (Å²) in [7, 11) is 0. The minimum absolute atomic E-state index is 0.374. The molecule has 0 spiro atoms. The van der Waals surface area contributed by atoms with Crippen molar-refractivity contribution in [3.63, 3.8) is 0 Å². The zero-order chi connectivity index (χ0) is 17.9. The highest BCUT2D eigenvalue weighted by Crippen LogP contribution is 2.53. The Hall–Kier alpha value is -2.90. The predicted molar refractivity (Wildman–Crippen MR) is 101 cm³/mol. The quantitative estimate of drug-likeness (QED) is 0.344. The molecule has 2 aliphatic carbocycles. The van der Waals surface area contributed by atoms with Crippen LogP contribution in [0.2, 0.25) is 0 Å². The van der Waals surface area contributed by atoms with E-state index in [4.69, 9.17) is 4.74 Å². The van der Waals surface area contributed by atoms with Gasteiger partial charge in [0, 0.05) is 18.6 Å². The van der Waals surface area contributed by atoms with E-state index >= 15 is 0 Å². The average Bonchev–Trinajstić information content (AvgIpc) is 3.28. The number of rotatable bonds is 5. The van der Waals surface area contributed by atoms with Crippen molar-refractivity contribution >= 4 is 18.0 Å². The number of hydrogen-bond acceptors (Lipinski definition) is 3. The normalized spacial score (nSPS) is 20.0. The fourth-order valence-corrected chi connectivity index (χ4v) is 4.13. The molecule has 0 N–H and O–H groups in total. The topological polar surface area (TPSA) is 43.4 Å². The largest absolute Gasteiger partial charge is 0.423 e. The lowest BCUT2D eigenvalue weighted by molar-refractivity contribution is -0.128. The van der Waals surface area contributed by atoms with Crippen LogP contribution < -0.4 is 4.74 Å². The van der Waals surface area contributed by atoms with Gasteiger partial charge in [0.05, 0.1) is 0 Å². The lowest BCUT2D eigenvalue weighted by Crippen LogP contribution is -2.05. The Morgan fingerprint density at radius 1 is 1.08 bits per heavy atom. The summed E-state index contributed by atoms with van der Waals surface area (Å²) in [5.41, 5.74) is 4.75. The van der Waals surface area contributed by atoms with Gasteiger partial charge in [0.1, 0.15) is 11.7 Å². The Labute approximate surface area is 153 Å². The summed E-state index contributed by atoms with van der Waals surface area (Å²) in [6.07, 6.45) is 9.00. The van der Waals surface area contributed by atoms with Crippen molar-refractivity contribution in [3.05, 3.63) is 76.9 Å². The van der Waals surface area contributed by atoms with Crippen molar-refractivity contribution in [1.29, 1.82) is 0 Å². The number of esters is 1. The summed E-state index contributed by atoms with van der Waals surface area (Å²) >= 11 is 0. The standard InChI is InChI=1S/C23H20O3/c24-13-1-2-16-3-5-17(6-4-16)7-12-23(25)26-20-10-11-21-18-8-9-19(14-18)22(21)15-20/h1,3-7,10-12,15,18-19H,2,8-9,14H2. The van der Waals surface area contributed by atoms with E-state index in [9.17, 15) is 9.59 Å². The first-order chi connectivity index (χ1) is 12.7. The van der Waals surface area contributed by atoms with E-state index < -0.39 is 0 Å². The fourth-order valence-electron chi connectivity index (χ4n) is 4.13. The molecule has 3 nitrogen and oxygen atoms in total. The van der Waals surface area contributed by atoms with Crippen LogP contribution in [0.5, 0.6) is 5.75 Å². The van der Waals surface area contributed by atoms with E-state index in [1.165, 1.54) is 42.5 Å². The molecule has 2 atom stereocenters. The Balaban J connectivity index is 1.39. The number of ether oxygens (including phenoxy) is 1. The minimum atomic E-state index is -0.374. The third kappa shape index (κ3) is 3.40. The van der Waals surface area contributed by atoms with E-state index in [-0.39, 0.29) is 5.97 Å². The molecule has 26 heavy (non-hydrogen) atoms. The zero-order valence-electron chi connectivity index (χ0n) is 14.5. The highest BCUT2D eigenvalue weighted by molar-refractivity contribution is 5.88. The van der Waals surface area contributed by atoms with Crippen LogP contribution in [-0.4, -0.2) is 11.9 Å². The van der Waals surface area contributed by atoms with Crippen LogP contribution in [-0.2, 0) is 16.0 Å². The monoisotopic (exact) mass is 344 g/mol. The molecule has 4 rings (SSSR count). The number of carbonyl (C=O) groups excluding carboxylic acids is 2. The highest BCUT2D eigenvalue weighted by Gasteiger charge is 2.36. The number of carbonyl (C=O) groups is 1. The zero-order valence-corrected chi connectivity index (χ0v) is 14.5. The molecule has 1 fully saturated rings. The lowest BCUT2D eigenvalue weighted by atomic mass is 9.92. The van der Waals surface area contributed by atoms with Gasteiger partial charge in [-0.2, -0.15) is 0 Å². The van der Waals surface area contributed by atoms with Gasteiger partial charge in [0.2, 0.25) is 0 Å². The summed E-state index contributed by atoms with van der Waals surface area (Å²) in [5, 5.41) is 0. The predicted octanol–water partition coefficient (Wildman–Crippen LogP) is 4.60. The SMILES string of the molecule is O=C=CCc1ccc(C=CC(=O)Oc2ccc3c(c2)C2CCC3C2)cc1. The fraction of sp³-hybridized carbons (Fsp3) is 0.261. The molecular formula is C23H20O3.